The molecule has 0 atom stereocenters. The third-order valence-corrected chi connectivity index (χ3v) is 3.71. The van der Waals surface area contributed by atoms with Crippen LogP contribution in [0.2, 0.25) is 0 Å². The molecule has 0 saturated heterocycles. The molecule has 124 valence electrons. The SMILES string of the molecule is C/C(=N\NC(=S)Nc1ccccc1[N+](=O)[O-])c1cc(Br)ccc1O. The van der Waals surface area contributed by atoms with Crippen LogP contribution >= 0.6 is 28.1 Å². The number of anilines is 1. The largest absolute Gasteiger partial charge is 0.507 e. The quantitative estimate of drug-likeness (QED) is 0.308. The van der Waals surface area contributed by atoms with Gasteiger partial charge in [-0.2, -0.15) is 5.10 Å². The Bertz CT molecular complexity index is 826. The maximum atomic E-state index is 11.0. The zero-order valence-corrected chi connectivity index (χ0v) is 14.9. The number of nitro benzene ring substituents is 1. The fourth-order valence-electron chi connectivity index (χ4n) is 1.88. The number of hydrazone groups is 1. The summed E-state index contributed by atoms with van der Waals surface area (Å²) in [7, 11) is 0. The number of aromatic hydroxyl groups is 1. The molecule has 9 heteroatoms. The monoisotopic (exact) mass is 408 g/mol. The van der Waals surface area contributed by atoms with E-state index in [4.69, 9.17) is 12.2 Å². The van der Waals surface area contributed by atoms with E-state index < -0.39 is 4.92 Å². The Balaban J connectivity index is 2.10. The first-order valence-corrected chi connectivity index (χ1v) is 7.92. The van der Waals surface area contributed by atoms with Crippen molar-refractivity contribution in [1.82, 2.24) is 5.43 Å². The number of nitro groups is 1. The lowest BCUT2D eigenvalue weighted by atomic mass is 10.1. The van der Waals surface area contributed by atoms with Crippen molar-refractivity contribution in [2.75, 3.05) is 5.32 Å². The summed E-state index contributed by atoms with van der Waals surface area (Å²) in [6, 6.07) is 11.1. The molecule has 0 radical (unpaired) electrons. The summed E-state index contributed by atoms with van der Waals surface area (Å²) in [5.41, 5.74) is 3.81. The smallest absolute Gasteiger partial charge is 0.292 e. The number of thiocarbonyl (C=S) groups is 1. The summed E-state index contributed by atoms with van der Waals surface area (Å²) < 4.78 is 0.797. The molecule has 0 aliphatic carbocycles. The number of phenols is 1. The molecule has 2 aromatic carbocycles. The fourth-order valence-corrected chi connectivity index (χ4v) is 2.40. The summed E-state index contributed by atoms with van der Waals surface area (Å²) in [6.07, 6.45) is 0. The summed E-state index contributed by atoms with van der Waals surface area (Å²) in [5.74, 6) is 0.0822. The minimum absolute atomic E-state index is 0.0822. The summed E-state index contributed by atoms with van der Waals surface area (Å²) in [6.45, 7) is 1.70. The molecule has 0 unspecified atom stereocenters. The van der Waals surface area contributed by atoms with Gasteiger partial charge in [0.2, 0.25) is 0 Å². The zero-order valence-electron chi connectivity index (χ0n) is 12.5. The Labute approximate surface area is 151 Å². The van der Waals surface area contributed by atoms with Crippen molar-refractivity contribution in [2.45, 2.75) is 6.92 Å². The second-order valence-corrected chi connectivity index (χ2v) is 6.02. The molecule has 0 aliphatic rings. The summed E-state index contributed by atoms with van der Waals surface area (Å²) >= 11 is 8.41. The first kappa shape index (κ1) is 17.8. The third-order valence-electron chi connectivity index (χ3n) is 3.02. The Kier molecular flexibility index (Phi) is 5.83. The number of para-hydroxylation sites is 2. The van der Waals surface area contributed by atoms with Gasteiger partial charge in [0.15, 0.2) is 5.11 Å². The Morgan fingerprint density at radius 1 is 1.33 bits per heavy atom. The van der Waals surface area contributed by atoms with Gasteiger partial charge in [0.25, 0.3) is 5.69 Å². The molecule has 0 saturated carbocycles. The fraction of sp³-hybridized carbons (Fsp3) is 0.0667. The highest BCUT2D eigenvalue weighted by Gasteiger charge is 2.13. The van der Waals surface area contributed by atoms with E-state index in [2.05, 4.69) is 31.8 Å². The Morgan fingerprint density at radius 2 is 2.04 bits per heavy atom. The van der Waals surface area contributed by atoms with Crippen LogP contribution in [0.15, 0.2) is 52.0 Å². The number of rotatable bonds is 4. The van der Waals surface area contributed by atoms with E-state index in [1.54, 1.807) is 43.3 Å². The van der Waals surface area contributed by atoms with Crippen molar-refractivity contribution in [1.29, 1.82) is 0 Å². The van der Waals surface area contributed by atoms with Crippen LogP contribution in [0.3, 0.4) is 0 Å². The van der Waals surface area contributed by atoms with Gasteiger partial charge in [-0.1, -0.05) is 28.1 Å². The molecule has 0 amide bonds. The number of phenolic OH excluding ortho intramolecular Hbond substituents is 1. The molecule has 0 spiro atoms. The first-order chi connectivity index (χ1) is 11.4. The van der Waals surface area contributed by atoms with Gasteiger partial charge in [-0.3, -0.25) is 15.5 Å². The third kappa shape index (κ3) is 4.49. The van der Waals surface area contributed by atoms with Gasteiger partial charge in [-0.05, 0) is 43.4 Å². The van der Waals surface area contributed by atoms with Gasteiger partial charge >= 0.3 is 0 Å². The van der Waals surface area contributed by atoms with Crippen LogP contribution in [0, 0.1) is 10.1 Å². The van der Waals surface area contributed by atoms with Crippen LogP contribution in [0.5, 0.6) is 5.75 Å². The van der Waals surface area contributed by atoms with E-state index in [1.807, 2.05) is 0 Å². The number of hydrogen-bond acceptors (Lipinski definition) is 5. The molecule has 0 aromatic heterocycles. The number of benzene rings is 2. The van der Waals surface area contributed by atoms with E-state index in [0.717, 1.165) is 4.47 Å². The summed E-state index contributed by atoms with van der Waals surface area (Å²) in [5, 5.41) is 27.7. The molecular weight excluding hydrogens is 396 g/mol. The van der Waals surface area contributed by atoms with E-state index in [-0.39, 0.29) is 22.2 Å². The Hall–Kier alpha value is -2.52. The second-order valence-electron chi connectivity index (χ2n) is 4.70. The topological polar surface area (TPSA) is 99.8 Å². The molecule has 3 N–H and O–H groups in total. The minimum atomic E-state index is -0.501. The van der Waals surface area contributed by atoms with Crippen LogP contribution in [-0.4, -0.2) is 20.9 Å². The van der Waals surface area contributed by atoms with Gasteiger partial charge < -0.3 is 10.4 Å². The van der Waals surface area contributed by atoms with Crippen molar-refractivity contribution in [3.8, 4) is 5.75 Å². The zero-order chi connectivity index (χ0) is 17.7. The van der Waals surface area contributed by atoms with Gasteiger partial charge in [0.05, 0.1) is 10.6 Å². The molecule has 7 nitrogen and oxygen atoms in total. The van der Waals surface area contributed by atoms with Gasteiger partial charge in [0, 0.05) is 16.1 Å². The number of nitrogens with zero attached hydrogens (tertiary/aromatic N) is 2. The second kappa shape index (κ2) is 7.84. The number of nitrogens with one attached hydrogen (secondary N) is 2. The predicted molar refractivity (Wildman–Crippen MR) is 100 cm³/mol. The van der Waals surface area contributed by atoms with Gasteiger partial charge in [-0.25, -0.2) is 0 Å². The number of halogens is 1. The van der Waals surface area contributed by atoms with Crippen LogP contribution in [-0.2, 0) is 0 Å². The first-order valence-electron chi connectivity index (χ1n) is 6.72. The van der Waals surface area contributed by atoms with Crippen LogP contribution < -0.4 is 10.7 Å². The molecule has 2 rings (SSSR count). The molecule has 0 heterocycles. The molecule has 0 bridgehead atoms. The molecule has 0 aliphatic heterocycles. The number of hydrogen-bond donors (Lipinski definition) is 3. The van der Waals surface area contributed by atoms with E-state index in [1.165, 1.54) is 6.07 Å². The molecular formula is C15H13BrN4O3S. The predicted octanol–water partition coefficient (Wildman–Crippen LogP) is 3.77. The lowest BCUT2D eigenvalue weighted by Crippen LogP contribution is -2.25. The standard InChI is InChI=1S/C15H13BrN4O3S/c1-9(11-8-10(16)6-7-14(11)21)18-19-15(24)17-12-4-2-3-5-13(12)20(22)23/h2-8,21H,1H3,(H2,17,19,24)/b18-9+. The van der Waals surface area contributed by atoms with Gasteiger partial charge in [-0.15, -0.1) is 0 Å². The average Bonchev–Trinajstić information content (AvgIpc) is 2.55. The van der Waals surface area contributed by atoms with Crippen LogP contribution in [0.25, 0.3) is 0 Å². The summed E-state index contributed by atoms with van der Waals surface area (Å²) in [4.78, 5) is 10.5. The van der Waals surface area contributed by atoms with Crippen molar-refractivity contribution in [2.24, 2.45) is 5.10 Å². The normalized spacial score (nSPS) is 11.0. The van der Waals surface area contributed by atoms with Crippen molar-refractivity contribution >= 4 is 50.3 Å². The minimum Gasteiger partial charge on any atom is -0.507 e. The Morgan fingerprint density at radius 3 is 2.75 bits per heavy atom. The highest BCUT2D eigenvalue weighted by atomic mass is 79.9. The maximum absolute atomic E-state index is 11.0. The van der Waals surface area contributed by atoms with E-state index in [9.17, 15) is 15.2 Å². The lowest BCUT2D eigenvalue weighted by molar-refractivity contribution is -0.383. The van der Waals surface area contributed by atoms with E-state index >= 15 is 0 Å². The average molecular weight is 409 g/mol. The van der Waals surface area contributed by atoms with Gasteiger partial charge in [0.1, 0.15) is 11.4 Å². The van der Waals surface area contributed by atoms with Crippen LogP contribution in [0.4, 0.5) is 11.4 Å². The van der Waals surface area contributed by atoms with Crippen LogP contribution in [0.1, 0.15) is 12.5 Å². The molecule has 2 aromatic rings. The van der Waals surface area contributed by atoms with E-state index in [0.29, 0.717) is 11.3 Å². The van der Waals surface area contributed by atoms with Crippen molar-refractivity contribution in [3.63, 3.8) is 0 Å². The highest BCUT2D eigenvalue weighted by Crippen LogP contribution is 2.23. The molecule has 24 heavy (non-hydrogen) atoms. The molecule has 0 fully saturated rings. The van der Waals surface area contributed by atoms with Crippen molar-refractivity contribution < 1.29 is 10.0 Å². The maximum Gasteiger partial charge on any atom is 0.292 e. The van der Waals surface area contributed by atoms with Crippen molar-refractivity contribution in [3.05, 3.63) is 62.6 Å². The highest BCUT2D eigenvalue weighted by molar-refractivity contribution is 9.10. The lowest BCUT2D eigenvalue weighted by Gasteiger charge is -2.09.